The van der Waals surface area contributed by atoms with Crippen LogP contribution in [-0.2, 0) is 4.79 Å². The molecule has 2 unspecified atom stereocenters. The Hall–Kier alpha value is -2.69. The summed E-state index contributed by atoms with van der Waals surface area (Å²) >= 11 is 0. The number of carbonyl (C=O) groups is 1. The lowest BCUT2D eigenvalue weighted by atomic mass is 10.0. The van der Waals surface area contributed by atoms with Crippen LogP contribution < -0.4 is 5.32 Å². The van der Waals surface area contributed by atoms with E-state index in [0.29, 0.717) is 6.42 Å². The number of rotatable bonds is 51. The van der Waals surface area contributed by atoms with E-state index in [1.807, 2.05) is 6.08 Å². The van der Waals surface area contributed by atoms with Gasteiger partial charge in [0.05, 0.1) is 18.8 Å². The van der Waals surface area contributed by atoms with Gasteiger partial charge in [0.25, 0.3) is 0 Å². The Labute approximate surface area is 411 Å². The van der Waals surface area contributed by atoms with Crippen LogP contribution in [0.2, 0.25) is 0 Å². The molecule has 0 spiro atoms. The van der Waals surface area contributed by atoms with Gasteiger partial charge in [0, 0.05) is 6.42 Å². The van der Waals surface area contributed by atoms with Crippen LogP contribution in [0, 0.1) is 0 Å². The minimum atomic E-state index is -0.871. The number of nitrogens with one attached hydrogen (secondary N) is 1. The summed E-state index contributed by atoms with van der Waals surface area (Å²) in [6.07, 6.45) is 84.2. The molecule has 66 heavy (non-hydrogen) atoms. The number of aliphatic hydroxyl groups excluding tert-OH is 2. The van der Waals surface area contributed by atoms with Gasteiger partial charge in [-0.15, -0.1) is 0 Å². The van der Waals surface area contributed by atoms with E-state index in [1.165, 1.54) is 180 Å². The highest BCUT2D eigenvalue weighted by Gasteiger charge is 2.18. The van der Waals surface area contributed by atoms with Gasteiger partial charge in [-0.2, -0.15) is 0 Å². The molecule has 380 valence electrons. The molecule has 0 saturated carbocycles. The number of unbranched alkanes of at least 4 members (excludes halogenated alkanes) is 30. The van der Waals surface area contributed by atoms with Gasteiger partial charge >= 0.3 is 0 Å². The van der Waals surface area contributed by atoms with E-state index >= 15 is 0 Å². The van der Waals surface area contributed by atoms with Gasteiger partial charge in [0.2, 0.25) is 5.91 Å². The van der Waals surface area contributed by atoms with Crippen molar-refractivity contribution < 1.29 is 15.0 Å². The normalized spacial score (nSPS) is 13.6. The molecule has 4 nitrogen and oxygen atoms in total. The van der Waals surface area contributed by atoms with Crippen LogP contribution in [0.15, 0.2) is 97.2 Å². The first kappa shape index (κ1) is 63.3. The topological polar surface area (TPSA) is 69.6 Å². The molecule has 4 heteroatoms. The van der Waals surface area contributed by atoms with Crippen LogP contribution in [0.25, 0.3) is 0 Å². The minimum Gasteiger partial charge on any atom is -0.394 e. The van der Waals surface area contributed by atoms with Gasteiger partial charge in [-0.05, 0) is 83.5 Å². The predicted molar refractivity (Wildman–Crippen MR) is 294 cm³/mol. The van der Waals surface area contributed by atoms with E-state index in [1.54, 1.807) is 6.08 Å². The monoisotopic (exact) mass is 916 g/mol. The zero-order chi connectivity index (χ0) is 47.7. The lowest BCUT2D eigenvalue weighted by Gasteiger charge is -2.19. The molecule has 2 atom stereocenters. The highest BCUT2D eigenvalue weighted by molar-refractivity contribution is 5.76. The van der Waals surface area contributed by atoms with Crippen molar-refractivity contribution in [3.8, 4) is 0 Å². The van der Waals surface area contributed by atoms with Crippen LogP contribution in [0.4, 0.5) is 0 Å². The van der Waals surface area contributed by atoms with E-state index < -0.39 is 12.1 Å². The van der Waals surface area contributed by atoms with E-state index in [0.717, 1.165) is 70.6 Å². The molecule has 0 radical (unpaired) electrons. The Kier molecular flexibility index (Phi) is 54.3. The highest BCUT2D eigenvalue weighted by Crippen LogP contribution is 2.16. The first-order chi connectivity index (χ1) is 32.7. The number of amides is 1. The Morgan fingerprint density at radius 1 is 0.379 bits per heavy atom. The van der Waals surface area contributed by atoms with Crippen molar-refractivity contribution in [3.05, 3.63) is 97.2 Å². The van der Waals surface area contributed by atoms with Crippen LogP contribution in [0.1, 0.15) is 271 Å². The highest BCUT2D eigenvalue weighted by atomic mass is 16.3. The number of hydrogen-bond donors (Lipinski definition) is 3. The summed E-state index contributed by atoms with van der Waals surface area (Å²) < 4.78 is 0. The molecule has 0 aliphatic carbocycles. The maximum Gasteiger partial charge on any atom is 0.220 e. The second-order valence-corrected chi connectivity index (χ2v) is 19.0. The van der Waals surface area contributed by atoms with Crippen LogP contribution in [-0.4, -0.2) is 34.9 Å². The van der Waals surface area contributed by atoms with Gasteiger partial charge in [-0.25, -0.2) is 0 Å². The third kappa shape index (κ3) is 52.3. The lowest BCUT2D eigenvalue weighted by molar-refractivity contribution is -0.123. The van der Waals surface area contributed by atoms with E-state index in [9.17, 15) is 15.0 Å². The standard InChI is InChI=1S/C62H109NO3/c1-3-5-7-9-11-13-15-17-19-21-23-25-27-29-30-31-32-34-36-38-40-42-44-46-48-50-52-54-56-58-62(66)63-60(59-64)61(65)57-55-53-51-49-47-45-43-41-39-37-35-33-28-26-24-22-20-18-16-14-12-10-8-6-4-2/h5,7,11,13,17,19,23,25,29-30,32,34,47,49,55,57,60-61,64-65H,3-4,6,8-10,12,14-16,18,20-22,24,26-28,31,33,35-46,48,50-54,56,58-59H2,1-2H3,(H,63,66)/b7-5-,13-11-,19-17-,25-23-,30-29-,34-32-,49-47+,57-55+. The van der Waals surface area contributed by atoms with Crippen molar-refractivity contribution in [1.29, 1.82) is 0 Å². The van der Waals surface area contributed by atoms with E-state index in [2.05, 4.69) is 104 Å². The fraction of sp³-hybridized carbons (Fsp3) is 0.726. The van der Waals surface area contributed by atoms with Crippen LogP contribution in [0.5, 0.6) is 0 Å². The molecule has 0 heterocycles. The zero-order valence-corrected chi connectivity index (χ0v) is 43.7. The van der Waals surface area contributed by atoms with E-state index in [4.69, 9.17) is 0 Å². The summed E-state index contributed by atoms with van der Waals surface area (Å²) in [5, 5.41) is 23.2. The van der Waals surface area contributed by atoms with Gasteiger partial charge in [-0.1, -0.05) is 278 Å². The van der Waals surface area contributed by atoms with Crippen molar-refractivity contribution in [2.75, 3.05) is 6.61 Å². The summed E-state index contributed by atoms with van der Waals surface area (Å²) in [6, 6.07) is -0.649. The summed E-state index contributed by atoms with van der Waals surface area (Å²) in [5.74, 6) is -0.0803. The maximum atomic E-state index is 12.5. The number of carbonyl (C=O) groups excluding carboxylic acids is 1. The maximum absolute atomic E-state index is 12.5. The SMILES string of the molecule is CC/C=C\C/C=C\C/C=C\C/C=C\C/C=C\C/C=C\CCCCCCCCCCCCC(=O)NC(CO)C(O)/C=C/CC/C=C/CCCCCCCCCCCCCCCCCCCCC. The van der Waals surface area contributed by atoms with Crippen molar-refractivity contribution in [3.63, 3.8) is 0 Å². The molecule has 0 rings (SSSR count). The Balaban J connectivity index is 3.59. The van der Waals surface area contributed by atoms with Gasteiger partial charge in [0.15, 0.2) is 0 Å². The van der Waals surface area contributed by atoms with Crippen molar-refractivity contribution in [1.82, 2.24) is 5.32 Å². The molecule has 0 saturated heterocycles. The Morgan fingerprint density at radius 3 is 1.06 bits per heavy atom. The van der Waals surface area contributed by atoms with Crippen LogP contribution >= 0.6 is 0 Å². The molecule has 3 N–H and O–H groups in total. The van der Waals surface area contributed by atoms with Crippen molar-refractivity contribution >= 4 is 5.91 Å². The molecular weight excluding hydrogens is 807 g/mol. The summed E-state index contributed by atoms with van der Waals surface area (Å²) in [7, 11) is 0. The molecule has 0 aromatic rings. The summed E-state index contributed by atoms with van der Waals surface area (Å²) in [6.45, 7) is 4.20. The molecule has 0 aliphatic rings. The zero-order valence-electron chi connectivity index (χ0n) is 43.7. The second kappa shape index (κ2) is 56.6. The first-order valence-corrected chi connectivity index (χ1v) is 28.5. The molecule has 1 amide bonds. The van der Waals surface area contributed by atoms with Gasteiger partial charge < -0.3 is 15.5 Å². The van der Waals surface area contributed by atoms with E-state index in [-0.39, 0.29) is 12.5 Å². The fourth-order valence-electron chi connectivity index (χ4n) is 8.26. The largest absolute Gasteiger partial charge is 0.394 e. The Bertz CT molecular complexity index is 1220. The smallest absolute Gasteiger partial charge is 0.220 e. The van der Waals surface area contributed by atoms with Crippen LogP contribution in [0.3, 0.4) is 0 Å². The predicted octanol–water partition coefficient (Wildman–Crippen LogP) is 18.9. The number of allylic oxidation sites excluding steroid dienone is 15. The summed E-state index contributed by atoms with van der Waals surface area (Å²) in [4.78, 5) is 12.5. The lowest BCUT2D eigenvalue weighted by Crippen LogP contribution is -2.45. The average Bonchev–Trinajstić information content (AvgIpc) is 3.32. The second-order valence-electron chi connectivity index (χ2n) is 19.0. The molecule has 0 aliphatic heterocycles. The summed E-state index contributed by atoms with van der Waals surface area (Å²) in [5.41, 5.74) is 0. The van der Waals surface area contributed by atoms with Crippen molar-refractivity contribution in [2.45, 2.75) is 283 Å². The first-order valence-electron chi connectivity index (χ1n) is 28.5. The number of hydrogen-bond acceptors (Lipinski definition) is 3. The quantitative estimate of drug-likeness (QED) is 0.0421. The van der Waals surface area contributed by atoms with Gasteiger partial charge in [-0.3, -0.25) is 4.79 Å². The number of aliphatic hydroxyl groups is 2. The molecule has 0 aromatic carbocycles. The third-order valence-electron chi connectivity index (χ3n) is 12.6. The van der Waals surface area contributed by atoms with Crippen molar-refractivity contribution in [2.24, 2.45) is 0 Å². The van der Waals surface area contributed by atoms with Gasteiger partial charge in [0.1, 0.15) is 0 Å². The fourth-order valence-corrected chi connectivity index (χ4v) is 8.26. The molecule has 0 fully saturated rings. The average molecular weight is 917 g/mol. The molecular formula is C62H109NO3. The third-order valence-corrected chi connectivity index (χ3v) is 12.6. The Morgan fingerprint density at radius 2 is 0.682 bits per heavy atom. The molecule has 0 bridgehead atoms. The molecule has 0 aromatic heterocycles. The minimum absolute atomic E-state index is 0.0803.